The number of carbonyl (C=O) groups excluding carboxylic acids is 1. The average Bonchev–Trinajstić information content (AvgIpc) is 3.22. The van der Waals surface area contributed by atoms with Gasteiger partial charge >= 0.3 is 5.97 Å². The van der Waals surface area contributed by atoms with Crippen LogP contribution in [0.4, 0.5) is 0 Å². The Labute approximate surface area is 378 Å². The molecule has 0 heterocycles. The van der Waals surface area contributed by atoms with E-state index in [1.165, 1.54) is 154 Å². The molecule has 0 rings (SSSR count). The maximum atomic E-state index is 12.7. The molecule has 8 nitrogen and oxygen atoms in total. The second kappa shape index (κ2) is 45.0. The molecular weight excluding hydrogens is 782 g/mol. The standard InChI is InChI=1S/C52H98NO7P/c1-6-8-10-12-14-16-18-20-22-24-26-27-28-29-31-33-35-37-39-41-43-45-52(54)60-51(50-59-61(55,56)58-48-46-53(3,4)5)49-57-47-44-42-40-38-36-34-32-30-25-23-21-19-17-15-13-11-9-7-2/h15,17-18,20-21,23-24,26,51H,6-14,16,19,22,25,27-50H2,1-5H3/b17-15-,20-18-,23-21-,26-24-. The first-order chi connectivity index (χ1) is 29.6. The first-order valence-electron chi connectivity index (χ1n) is 25.4. The lowest BCUT2D eigenvalue weighted by atomic mass is 10.1. The van der Waals surface area contributed by atoms with E-state index in [-0.39, 0.29) is 25.8 Å². The van der Waals surface area contributed by atoms with Crippen molar-refractivity contribution in [2.75, 3.05) is 54.1 Å². The van der Waals surface area contributed by atoms with Crippen LogP contribution in [0.15, 0.2) is 48.6 Å². The van der Waals surface area contributed by atoms with E-state index < -0.39 is 13.9 Å². The lowest BCUT2D eigenvalue weighted by molar-refractivity contribution is -0.870. The maximum Gasteiger partial charge on any atom is 0.306 e. The van der Waals surface area contributed by atoms with Crippen molar-refractivity contribution in [3.8, 4) is 0 Å². The van der Waals surface area contributed by atoms with Crippen molar-refractivity contribution in [2.24, 2.45) is 0 Å². The number of nitrogens with zero attached hydrogens (tertiary/aromatic N) is 1. The zero-order valence-electron chi connectivity index (χ0n) is 40.6. The minimum atomic E-state index is -4.53. The number of rotatable bonds is 47. The number of ether oxygens (including phenoxy) is 2. The van der Waals surface area contributed by atoms with Crippen LogP contribution in [-0.4, -0.2) is 70.7 Å². The summed E-state index contributed by atoms with van der Waals surface area (Å²) in [7, 11) is 1.35. The van der Waals surface area contributed by atoms with Crippen molar-refractivity contribution in [1.29, 1.82) is 0 Å². The van der Waals surface area contributed by atoms with Gasteiger partial charge in [0, 0.05) is 13.0 Å². The predicted molar refractivity (Wildman–Crippen MR) is 259 cm³/mol. The van der Waals surface area contributed by atoms with Gasteiger partial charge in [-0.3, -0.25) is 9.36 Å². The van der Waals surface area contributed by atoms with Gasteiger partial charge in [-0.05, 0) is 77.0 Å². The maximum absolute atomic E-state index is 12.7. The van der Waals surface area contributed by atoms with E-state index in [1.807, 2.05) is 21.1 Å². The van der Waals surface area contributed by atoms with Gasteiger partial charge in [0.1, 0.15) is 19.3 Å². The van der Waals surface area contributed by atoms with Crippen LogP contribution in [0.2, 0.25) is 0 Å². The molecule has 0 fully saturated rings. The summed E-state index contributed by atoms with van der Waals surface area (Å²) >= 11 is 0. The summed E-state index contributed by atoms with van der Waals surface area (Å²) in [5, 5.41) is 0. The Kier molecular flexibility index (Phi) is 43.9. The van der Waals surface area contributed by atoms with Crippen molar-refractivity contribution >= 4 is 13.8 Å². The van der Waals surface area contributed by atoms with Gasteiger partial charge in [0.15, 0.2) is 0 Å². The largest absolute Gasteiger partial charge is 0.756 e. The van der Waals surface area contributed by atoms with E-state index in [9.17, 15) is 14.3 Å². The van der Waals surface area contributed by atoms with Gasteiger partial charge in [-0.25, -0.2) is 0 Å². The summed E-state index contributed by atoms with van der Waals surface area (Å²) in [5.74, 6) is -0.340. The van der Waals surface area contributed by atoms with Crippen molar-refractivity contribution in [2.45, 2.75) is 225 Å². The van der Waals surface area contributed by atoms with Gasteiger partial charge in [-0.15, -0.1) is 0 Å². The third-order valence-electron chi connectivity index (χ3n) is 10.9. The molecule has 2 atom stereocenters. The molecule has 2 unspecified atom stereocenters. The van der Waals surface area contributed by atoms with E-state index >= 15 is 0 Å². The van der Waals surface area contributed by atoms with E-state index in [4.69, 9.17) is 18.5 Å². The number of allylic oxidation sites excluding steroid dienone is 8. The first-order valence-corrected chi connectivity index (χ1v) is 26.8. The minimum Gasteiger partial charge on any atom is -0.756 e. The molecule has 0 saturated heterocycles. The summed E-state index contributed by atoms with van der Waals surface area (Å²) < 4.78 is 34.7. The molecule has 0 spiro atoms. The normalized spacial score (nSPS) is 14.0. The van der Waals surface area contributed by atoms with Gasteiger partial charge < -0.3 is 27.9 Å². The second-order valence-corrected chi connectivity index (χ2v) is 19.6. The number of likely N-dealkylation sites (N-methyl/N-ethyl adjacent to an activating group) is 1. The molecule has 0 aliphatic rings. The third-order valence-corrected chi connectivity index (χ3v) is 11.8. The minimum absolute atomic E-state index is 0.0230. The Morgan fingerprint density at radius 3 is 1.36 bits per heavy atom. The average molecular weight is 880 g/mol. The molecule has 0 N–H and O–H groups in total. The van der Waals surface area contributed by atoms with Gasteiger partial charge in [0.2, 0.25) is 0 Å². The number of phosphoric ester groups is 1. The summed E-state index contributed by atoms with van der Waals surface area (Å²) in [6.45, 7) is 5.38. The zero-order chi connectivity index (χ0) is 44.8. The van der Waals surface area contributed by atoms with Gasteiger partial charge in [-0.2, -0.15) is 0 Å². The lowest BCUT2D eigenvalue weighted by Crippen LogP contribution is -2.37. The first kappa shape index (κ1) is 59.5. The van der Waals surface area contributed by atoms with Crippen molar-refractivity contribution in [3.63, 3.8) is 0 Å². The molecular formula is C52H98NO7P. The van der Waals surface area contributed by atoms with E-state index in [0.717, 1.165) is 44.9 Å². The smallest absolute Gasteiger partial charge is 0.306 e. The number of phosphoric acid groups is 1. The Morgan fingerprint density at radius 1 is 0.508 bits per heavy atom. The highest BCUT2D eigenvalue weighted by molar-refractivity contribution is 7.45. The Hall–Kier alpha value is -1.54. The van der Waals surface area contributed by atoms with Crippen molar-refractivity contribution in [3.05, 3.63) is 48.6 Å². The van der Waals surface area contributed by atoms with Crippen LogP contribution in [0.1, 0.15) is 219 Å². The zero-order valence-corrected chi connectivity index (χ0v) is 41.5. The molecule has 0 aromatic carbocycles. The quantitative estimate of drug-likeness (QED) is 0.0198. The summed E-state index contributed by atoms with van der Waals surface area (Å²) in [6, 6.07) is 0. The highest BCUT2D eigenvalue weighted by Crippen LogP contribution is 2.38. The Bertz CT molecular complexity index is 1120. The fourth-order valence-electron chi connectivity index (χ4n) is 6.90. The van der Waals surface area contributed by atoms with Crippen LogP contribution in [0.3, 0.4) is 0 Å². The van der Waals surface area contributed by atoms with Crippen LogP contribution < -0.4 is 4.89 Å². The summed E-state index contributed by atoms with van der Waals surface area (Å²) in [5.41, 5.74) is 0. The molecule has 0 aliphatic heterocycles. The molecule has 0 radical (unpaired) electrons. The van der Waals surface area contributed by atoms with Gasteiger partial charge in [0.05, 0.1) is 34.4 Å². The highest BCUT2D eigenvalue weighted by atomic mass is 31.2. The molecule has 0 saturated carbocycles. The molecule has 0 aliphatic carbocycles. The lowest BCUT2D eigenvalue weighted by Gasteiger charge is -2.28. The number of quaternary nitrogens is 1. The number of carbonyl (C=O) groups is 1. The fraction of sp³-hybridized carbons (Fsp3) is 0.827. The number of esters is 1. The predicted octanol–water partition coefficient (Wildman–Crippen LogP) is 14.9. The molecule has 0 aromatic rings. The van der Waals surface area contributed by atoms with Crippen molar-refractivity contribution < 1.29 is 37.3 Å². The number of unbranched alkanes of at least 4 members (excludes halogenated alkanes) is 25. The SMILES string of the molecule is CCCCC/C=C\C/C=C\CCCCCCCCCCOCC(COP(=O)([O-])OCC[N+](C)(C)C)OC(=O)CCCCCCCCCCC/C=C\C/C=C\CCCCCCC. The third kappa shape index (κ3) is 49.3. The topological polar surface area (TPSA) is 94.1 Å². The molecule has 0 bridgehead atoms. The molecule has 61 heavy (non-hydrogen) atoms. The van der Waals surface area contributed by atoms with Gasteiger partial charge in [-0.1, -0.05) is 184 Å². The van der Waals surface area contributed by atoms with Crippen molar-refractivity contribution in [1.82, 2.24) is 0 Å². The van der Waals surface area contributed by atoms with Crippen LogP contribution in [-0.2, 0) is 27.9 Å². The van der Waals surface area contributed by atoms with Gasteiger partial charge in [0.25, 0.3) is 7.82 Å². The van der Waals surface area contributed by atoms with Crippen LogP contribution in [0, 0.1) is 0 Å². The van der Waals surface area contributed by atoms with E-state index in [0.29, 0.717) is 24.1 Å². The van der Waals surface area contributed by atoms with Crippen LogP contribution in [0.25, 0.3) is 0 Å². The van der Waals surface area contributed by atoms with Crippen LogP contribution in [0.5, 0.6) is 0 Å². The van der Waals surface area contributed by atoms with E-state index in [2.05, 4.69) is 62.5 Å². The van der Waals surface area contributed by atoms with E-state index in [1.54, 1.807) is 0 Å². The molecule has 0 amide bonds. The molecule has 0 aromatic heterocycles. The second-order valence-electron chi connectivity index (χ2n) is 18.2. The Morgan fingerprint density at radius 2 is 0.902 bits per heavy atom. The number of hydrogen-bond donors (Lipinski definition) is 0. The fourth-order valence-corrected chi connectivity index (χ4v) is 7.63. The summed E-state index contributed by atoms with van der Waals surface area (Å²) in [6.07, 6.45) is 55.5. The monoisotopic (exact) mass is 880 g/mol. The molecule has 358 valence electrons. The Balaban J connectivity index is 4.17. The molecule has 9 heteroatoms. The highest BCUT2D eigenvalue weighted by Gasteiger charge is 2.20. The van der Waals surface area contributed by atoms with Crippen LogP contribution >= 0.6 is 7.82 Å². The number of hydrogen-bond acceptors (Lipinski definition) is 7. The summed E-state index contributed by atoms with van der Waals surface area (Å²) in [4.78, 5) is 25.2.